The third kappa shape index (κ3) is 17.9. The number of fused-ring (bicyclic) bond motifs is 1. The molecule has 22 nitrogen and oxygen atoms in total. The quantitative estimate of drug-likeness (QED) is 0.0376. The lowest BCUT2D eigenvalue weighted by Crippen LogP contribution is -2.66. The van der Waals surface area contributed by atoms with Crippen LogP contribution in [0.2, 0.25) is 0 Å². The van der Waals surface area contributed by atoms with E-state index in [2.05, 4.69) is 87.3 Å². The van der Waals surface area contributed by atoms with Crippen LogP contribution in [0.4, 0.5) is 26.1 Å². The van der Waals surface area contributed by atoms with Crippen molar-refractivity contribution >= 4 is 64.1 Å². The summed E-state index contributed by atoms with van der Waals surface area (Å²) in [6.45, 7) is 21.9. The molecule has 5 saturated heterocycles. The summed E-state index contributed by atoms with van der Waals surface area (Å²) in [6, 6.07) is 10.5. The van der Waals surface area contributed by atoms with Crippen molar-refractivity contribution in [3.8, 4) is 10.4 Å². The lowest BCUT2D eigenvalue weighted by molar-refractivity contribution is -0.144. The Kier molecular flexibility index (Phi) is 22.6. The fraction of sp³-hybridized carbons (Fsp3) is 0.638. The van der Waals surface area contributed by atoms with Crippen molar-refractivity contribution in [1.82, 2.24) is 61.1 Å². The third-order valence-corrected chi connectivity index (χ3v) is 21.4. The molecule has 6 fully saturated rings. The number of nitrogens with zero attached hydrogens (tertiary/aromatic N) is 9. The number of aromatic nitrogens is 3. The molecule has 0 bridgehead atoms. The molecule has 1 spiro atoms. The Bertz CT molecular complexity index is 3300. The molecule has 7 heterocycles. The maximum atomic E-state index is 15.8. The van der Waals surface area contributed by atoms with Crippen molar-refractivity contribution < 1.29 is 42.7 Å². The van der Waals surface area contributed by atoms with Crippen LogP contribution >= 0.6 is 11.3 Å². The SMILES string of the molecule is Cc1ncsc1-c1ccc([C@H](C)NC(=O)[C@@H]2C[C@@H](O)CN2C(=O)[C@@H](NC(=O)CCC(=O)NCCCN(C)[C@@H]2C[C@@H]3CN(CC(=O)NCCCNc4cc(N5CCC6(CC5)CN(c5cc(F)c(CN7CCC(C)(C)CC7)cc5F)CC(=O)N6)ncn4)C[C@@H]3C2)C(C)(C)C)cc1. The Balaban J connectivity index is 0.571. The maximum Gasteiger partial charge on any atom is 0.246 e. The number of piperazine rings is 1. The first-order chi connectivity index (χ1) is 44.8. The number of amides is 6. The third-order valence-electron chi connectivity index (χ3n) is 20.4. The number of carbonyl (C=O) groups is 6. The van der Waals surface area contributed by atoms with Crippen molar-refractivity contribution in [3.05, 3.63) is 82.8 Å². The highest BCUT2D eigenvalue weighted by Crippen LogP contribution is 2.41. The topological polar surface area (TPSA) is 253 Å². The second-order valence-electron chi connectivity index (χ2n) is 29.3. The molecule has 1 saturated carbocycles. The summed E-state index contributed by atoms with van der Waals surface area (Å²) in [5.41, 5.74) is 4.07. The smallest absolute Gasteiger partial charge is 0.246 e. The van der Waals surface area contributed by atoms with Crippen molar-refractivity contribution in [2.45, 2.75) is 161 Å². The van der Waals surface area contributed by atoms with Crippen LogP contribution in [-0.2, 0) is 35.3 Å². The summed E-state index contributed by atoms with van der Waals surface area (Å²) in [5.74, 6) is -0.259. The standard InChI is InChI=1S/C69H99F2N15O7S/c1-44(46-11-13-47(14-12-46)63-45(2)77-43-94-63)78-65(92)56-32-52(87)38-86(56)66(93)64(67(3,4)5)79-60(89)16-15-59(88)73-23-10-24-81(8)51-29-48-35-83(36-49(48)30-51)39-61(90)74-22-9-21-72-57-34-58(76-42-75-57)84-27-19-69(20-28-84)41-85(40-62(91)80-69)55-33-53(70)50(31-54(55)71)37-82-25-17-68(6,7)18-26-82/h11-14,31,33-34,42-44,48-49,51-52,56,64,87H,9-10,15-30,32,35-41H2,1-8H3,(H,73,88)(H,74,90)(H,78,92)(H,79,89)(H,80,91)(H,72,75,76)/t44-,48-,49+,51-,52+,56-,64+/m0/s1. The Morgan fingerprint density at radius 2 is 1.50 bits per heavy atom. The fourth-order valence-electron chi connectivity index (χ4n) is 14.7. The van der Waals surface area contributed by atoms with Crippen molar-refractivity contribution in [3.63, 3.8) is 0 Å². The summed E-state index contributed by atoms with van der Waals surface area (Å²) in [4.78, 5) is 107. The van der Waals surface area contributed by atoms with Gasteiger partial charge in [0.25, 0.3) is 0 Å². The highest BCUT2D eigenvalue weighted by molar-refractivity contribution is 7.13. The number of aliphatic hydroxyl groups excluding tert-OH is 1. The minimum atomic E-state index is -1.00. The van der Waals surface area contributed by atoms with Crippen LogP contribution in [0, 0.1) is 41.2 Å². The summed E-state index contributed by atoms with van der Waals surface area (Å²) in [5, 5.41) is 29.2. The Morgan fingerprint density at radius 3 is 2.19 bits per heavy atom. The van der Waals surface area contributed by atoms with Gasteiger partial charge in [0.1, 0.15) is 41.7 Å². The average Bonchev–Trinajstić information content (AvgIpc) is 1.25. The number of benzene rings is 2. The van der Waals surface area contributed by atoms with Crippen molar-refractivity contribution in [2.24, 2.45) is 22.7 Å². The fourth-order valence-corrected chi connectivity index (χ4v) is 15.5. The monoisotopic (exact) mass is 1320 g/mol. The molecule has 25 heteroatoms. The van der Waals surface area contributed by atoms with E-state index in [-0.39, 0.29) is 73.1 Å². The lowest BCUT2D eigenvalue weighted by atomic mass is 9.82. The number of nitrogens with one attached hydrogen (secondary N) is 6. The maximum absolute atomic E-state index is 15.8. The van der Waals surface area contributed by atoms with E-state index in [4.69, 9.17) is 0 Å². The van der Waals surface area contributed by atoms with E-state index in [0.717, 1.165) is 92.3 Å². The number of likely N-dealkylation sites (tertiary alicyclic amines) is 3. The number of hydrogen-bond acceptors (Lipinski definition) is 17. The van der Waals surface area contributed by atoms with Gasteiger partial charge in [-0.25, -0.2) is 23.7 Å². The van der Waals surface area contributed by atoms with E-state index in [1.807, 2.05) is 70.5 Å². The number of aliphatic hydroxyl groups is 1. The molecule has 5 aliphatic heterocycles. The van der Waals surface area contributed by atoms with E-state index in [9.17, 15) is 33.9 Å². The normalized spacial score (nSPS) is 22.8. The van der Waals surface area contributed by atoms with Gasteiger partial charge in [-0.2, -0.15) is 0 Å². The Morgan fingerprint density at radius 1 is 0.809 bits per heavy atom. The van der Waals surface area contributed by atoms with Gasteiger partial charge in [0.2, 0.25) is 35.4 Å². The molecule has 94 heavy (non-hydrogen) atoms. The van der Waals surface area contributed by atoms with Gasteiger partial charge in [-0.05, 0) is 132 Å². The zero-order valence-corrected chi connectivity index (χ0v) is 57.0. The number of rotatable bonds is 25. The van der Waals surface area contributed by atoms with Crippen LogP contribution in [0.3, 0.4) is 0 Å². The van der Waals surface area contributed by atoms with Crippen LogP contribution < -0.4 is 41.7 Å². The minimum Gasteiger partial charge on any atom is -0.391 e. The van der Waals surface area contributed by atoms with Gasteiger partial charge < -0.3 is 56.6 Å². The predicted octanol–water partition coefficient (Wildman–Crippen LogP) is 6.00. The molecule has 10 rings (SSSR count). The number of thiazole rings is 1. The second kappa shape index (κ2) is 30.4. The first-order valence-electron chi connectivity index (χ1n) is 33.9. The van der Waals surface area contributed by atoms with Crippen LogP contribution in [0.1, 0.15) is 135 Å². The van der Waals surface area contributed by atoms with E-state index < -0.39 is 52.6 Å². The van der Waals surface area contributed by atoms with Gasteiger partial charge in [0.15, 0.2) is 0 Å². The largest absolute Gasteiger partial charge is 0.391 e. The van der Waals surface area contributed by atoms with E-state index in [1.54, 1.807) is 16.2 Å². The van der Waals surface area contributed by atoms with E-state index in [0.29, 0.717) is 101 Å². The molecule has 2 aromatic carbocycles. The van der Waals surface area contributed by atoms with Gasteiger partial charge in [0.05, 0.1) is 52.5 Å². The molecule has 1 aliphatic carbocycles. The zero-order valence-electron chi connectivity index (χ0n) is 56.2. The summed E-state index contributed by atoms with van der Waals surface area (Å²) >= 11 is 1.57. The van der Waals surface area contributed by atoms with Gasteiger partial charge >= 0.3 is 0 Å². The van der Waals surface area contributed by atoms with Crippen LogP contribution in [0.25, 0.3) is 10.4 Å². The number of aryl methyl sites for hydroxylation is 1. The summed E-state index contributed by atoms with van der Waals surface area (Å²) in [6.07, 6.45) is 7.32. The number of hydrogen-bond donors (Lipinski definition) is 7. The number of halogens is 2. The molecular formula is C69H99F2N15O7S. The molecule has 7 atom stereocenters. The molecule has 7 N–H and O–H groups in total. The molecular weight excluding hydrogens is 1220 g/mol. The zero-order chi connectivity index (χ0) is 67.1. The van der Waals surface area contributed by atoms with Gasteiger partial charge in [-0.1, -0.05) is 58.9 Å². The first-order valence-corrected chi connectivity index (χ1v) is 34.8. The first kappa shape index (κ1) is 69.9. The Hall–Kier alpha value is -6.93. The summed E-state index contributed by atoms with van der Waals surface area (Å²) in [7, 11) is 2.13. The lowest BCUT2D eigenvalue weighted by Gasteiger charge is -2.48. The van der Waals surface area contributed by atoms with Crippen molar-refractivity contribution in [2.75, 3.05) is 114 Å². The molecule has 2 aromatic heterocycles. The molecule has 6 amide bonds. The van der Waals surface area contributed by atoms with Gasteiger partial charge in [0, 0.05) is 108 Å². The van der Waals surface area contributed by atoms with Gasteiger partial charge in [-0.15, -0.1) is 11.3 Å². The molecule has 0 unspecified atom stereocenters. The molecule has 0 radical (unpaired) electrons. The van der Waals surface area contributed by atoms with Crippen LogP contribution in [-0.4, -0.2) is 204 Å². The number of anilines is 3. The second-order valence-corrected chi connectivity index (χ2v) is 30.2. The van der Waals surface area contributed by atoms with Crippen LogP contribution in [0.15, 0.2) is 54.3 Å². The molecule has 512 valence electrons. The van der Waals surface area contributed by atoms with Gasteiger partial charge in [-0.3, -0.25) is 38.6 Å². The number of β-amino-alcohol motifs (C(OH)–C–C–N with tert-alkyl or cyclic N) is 1. The average molecular weight is 1320 g/mol. The van der Waals surface area contributed by atoms with Crippen LogP contribution in [0.5, 0.6) is 0 Å². The van der Waals surface area contributed by atoms with Crippen molar-refractivity contribution in [1.29, 1.82) is 0 Å². The highest BCUT2D eigenvalue weighted by Gasteiger charge is 2.46. The predicted molar refractivity (Wildman–Crippen MR) is 360 cm³/mol. The Labute approximate surface area is 556 Å². The minimum absolute atomic E-state index is 0.00940. The summed E-state index contributed by atoms with van der Waals surface area (Å²) < 4.78 is 31.3. The number of piperidine rings is 2. The molecule has 6 aliphatic rings. The van der Waals surface area contributed by atoms with E-state index >= 15 is 8.78 Å². The van der Waals surface area contributed by atoms with E-state index in [1.165, 1.54) is 23.4 Å². The molecule has 4 aromatic rings. The highest BCUT2D eigenvalue weighted by atomic mass is 32.1. The number of carbonyl (C=O) groups excluding carboxylic acids is 6.